The summed E-state index contributed by atoms with van der Waals surface area (Å²) in [5.74, 6) is -1.19. The van der Waals surface area contributed by atoms with Crippen molar-refractivity contribution in [2.45, 2.75) is 21.9 Å². The third kappa shape index (κ3) is 4.12. The molecule has 0 radical (unpaired) electrons. The van der Waals surface area contributed by atoms with Gasteiger partial charge in [-0.2, -0.15) is 0 Å². The van der Waals surface area contributed by atoms with Crippen LogP contribution in [0.15, 0.2) is 63.7 Å². The third-order valence-corrected chi connectivity index (χ3v) is 6.36. The number of carboxylic acids is 1. The van der Waals surface area contributed by atoms with Crippen molar-refractivity contribution in [3.05, 3.63) is 59.9 Å². The Morgan fingerprint density at radius 1 is 1.22 bits per heavy atom. The van der Waals surface area contributed by atoms with E-state index < -0.39 is 16.0 Å². The smallest absolute Gasteiger partial charge is 0.335 e. The van der Waals surface area contributed by atoms with Gasteiger partial charge >= 0.3 is 5.97 Å². The van der Waals surface area contributed by atoms with Crippen molar-refractivity contribution < 1.29 is 18.3 Å². The van der Waals surface area contributed by atoms with E-state index in [2.05, 4.69) is 14.9 Å². The van der Waals surface area contributed by atoms with Gasteiger partial charge in [-0.3, -0.25) is 4.72 Å². The SMILES string of the molecule is Cc1ccc(C(=O)O)cc1S(=O)(=O)Nc1ccccc1Sc1nncn1C. The molecule has 0 saturated carbocycles. The lowest BCUT2D eigenvalue weighted by Gasteiger charge is -2.14. The van der Waals surface area contributed by atoms with Crippen molar-refractivity contribution in [3.8, 4) is 0 Å². The molecule has 0 saturated heterocycles. The number of hydrogen-bond acceptors (Lipinski definition) is 6. The highest BCUT2D eigenvalue weighted by Crippen LogP contribution is 2.33. The lowest BCUT2D eigenvalue weighted by molar-refractivity contribution is 0.0696. The van der Waals surface area contributed by atoms with Gasteiger partial charge in [-0.15, -0.1) is 10.2 Å². The fourth-order valence-corrected chi connectivity index (χ4v) is 4.59. The summed E-state index contributed by atoms with van der Waals surface area (Å²) in [6.45, 7) is 1.61. The van der Waals surface area contributed by atoms with E-state index in [1.807, 2.05) is 0 Å². The molecule has 0 atom stereocenters. The summed E-state index contributed by atoms with van der Waals surface area (Å²) < 4.78 is 30.0. The highest BCUT2D eigenvalue weighted by molar-refractivity contribution is 7.99. The normalized spacial score (nSPS) is 11.3. The molecule has 1 heterocycles. The Kier molecular flexibility index (Phi) is 5.19. The van der Waals surface area contributed by atoms with Crippen LogP contribution in [0, 0.1) is 6.92 Å². The van der Waals surface area contributed by atoms with Crippen LogP contribution in [0.4, 0.5) is 5.69 Å². The number of nitrogens with one attached hydrogen (secondary N) is 1. The van der Waals surface area contributed by atoms with Crippen molar-refractivity contribution in [2.75, 3.05) is 4.72 Å². The summed E-state index contributed by atoms with van der Waals surface area (Å²) >= 11 is 1.26. The molecule has 0 spiro atoms. The predicted octanol–water partition coefficient (Wildman–Crippen LogP) is 2.77. The van der Waals surface area contributed by atoms with E-state index in [0.717, 1.165) is 6.07 Å². The van der Waals surface area contributed by atoms with E-state index in [9.17, 15) is 13.2 Å². The molecule has 0 fully saturated rings. The second-order valence-electron chi connectivity index (χ2n) is 5.71. The van der Waals surface area contributed by atoms with Crippen LogP contribution in [0.25, 0.3) is 0 Å². The highest BCUT2D eigenvalue weighted by atomic mass is 32.2. The van der Waals surface area contributed by atoms with E-state index >= 15 is 0 Å². The number of nitrogens with zero attached hydrogens (tertiary/aromatic N) is 3. The van der Waals surface area contributed by atoms with Crippen molar-refractivity contribution in [1.82, 2.24) is 14.8 Å². The molecular formula is C17H16N4O4S2. The maximum absolute atomic E-state index is 12.9. The van der Waals surface area contributed by atoms with Gasteiger partial charge in [0.25, 0.3) is 10.0 Å². The summed E-state index contributed by atoms with van der Waals surface area (Å²) in [5, 5.41) is 17.5. The topological polar surface area (TPSA) is 114 Å². The monoisotopic (exact) mass is 404 g/mol. The molecule has 2 aromatic carbocycles. The molecule has 27 heavy (non-hydrogen) atoms. The average molecular weight is 404 g/mol. The first kappa shape index (κ1) is 18.9. The van der Waals surface area contributed by atoms with Gasteiger partial charge in [0.15, 0.2) is 5.16 Å². The maximum atomic E-state index is 12.9. The van der Waals surface area contributed by atoms with Crippen LogP contribution in [0.1, 0.15) is 15.9 Å². The minimum absolute atomic E-state index is 0.0825. The Morgan fingerprint density at radius 3 is 2.63 bits per heavy atom. The molecule has 140 valence electrons. The standard InChI is InChI=1S/C17H16N4O4S2/c1-11-7-8-12(16(22)23)9-15(11)27(24,25)20-13-5-3-4-6-14(13)26-17-19-18-10-21(17)2/h3-10,20H,1-2H3,(H,22,23). The number of para-hydroxylation sites is 1. The molecule has 3 aromatic rings. The largest absolute Gasteiger partial charge is 0.478 e. The Bertz CT molecular complexity index is 1110. The van der Waals surface area contributed by atoms with Gasteiger partial charge in [0.1, 0.15) is 6.33 Å². The Hall–Kier alpha value is -2.85. The molecule has 1 aromatic heterocycles. The number of aromatic nitrogens is 3. The number of hydrogen-bond donors (Lipinski definition) is 2. The summed E-state index contributed by atoms with van der Waals surface area (Å²) in [7, 11) is -2.19. The lowest BCUT2D eigenvalue weighted by Crippen LogP contribution is -2.15. The molecule has 0 unspecified atom stereocenters. The predicted molar refractivity (Wildman–Crippen MR) is 101 cm³/mol. The van der Waals surface area contributed by atoms with Crippen molar-refractivity contribution >= 4 is 33.4 Å². The summed E-state index contributed by atoms with van der Waals surface area (Å²) in [6.07, 6.45) is 1.55. The molecule has 2 N–H and O–H groups in total. The molecule has 8 nitrogen and oxygen atoms in total. The summed E-state index contributed by atoms with van der Waals surface area (Å²) in [4.78, 5) is 11.7. The molecule has 10 heteroatoms. The minimum Gasteiger partial charge on any atom is -0.478 e. The third-order valence-electron chi connectivity index (χ3n) is 3.73. The Morgan fingerprint density at radius 2 is 1.96 bits per heavy atom. The molecule has 0 aliphatic carbocycles. The molecule has 0 aliphatic heterocycles. The Balaban J connectivity index is 1.97. The van der Waals surface area contributed by atoms with E-state index in [4.69, 9.17) is 5.11 Å². The van der Waals surface area contributed by atoms with Gasteiger partial charge < -0.3 is 9.67 Å². The fourth-order valence-electron chi connectivity index (χ4n) is 2.33. The molecule has 0 amide bonds. The number of aryl methyl sites for hydroxylation is 2. The Labute approximate surface area is 160 Å². The first-order valence-electron chi connectivity index (χ1n) is 7.75. The first-order chi connectivity index (χ1) is 12.8. The van der Waals surface area contributed by atoms with Crippen LogP contribution < -0.4 is 4.72 Å². The molecule has 3 rings (SSSR count). The van der Waals surface area contributed by atoms with Crippen LogP contribution in [0.5, 0.6) is 0 Å². The number of sulfonamides is 1. The second-order valence-corrected chi connectivity index (χ2v) is 8.37. The summed E-state index contributed by atoms with van der Waals surface area (Å²) in [6, 6.07) is 10.9. The van der Waals surface area contributed by atoms with Gasteiger partial charge in [-0.05, 0) is 48.5 Å². The number of carboxylic acid groups (broad SMARTS) is 1. The van der Waals surface area contributed by atoms with Gasteiger partial charge in [0.05, 0.1) is 16.1 Å². The van der Waals surface area contributed by atoms with Gasteiger partial charge in [-0.1, -0.05) is 18.2 Å². The first-order valence-corrected chi connectivity index (χ1v) is 10.1. The number of anilines is 1. The van der Waals surface area contributed by atoms with Crippen LogP contribution in [-0.4, -0.2) is 34.3 Å². The average Bonchev–Trinajstić information content (AvgIpc) is 3.01. The highest BCUT2D eigenvalue weighted by Gasteiger charge is 2.21. The van der Waals surface area contributed by atoms with E-state index in [0.29, 0.717) is 21.3 Å². The minimum atomic E-state index is -3.98. The number of carbonyl (C=O) groups is 1. The van der Waals surface area contributed by atoms with Crippen LogP contribution >= 0.6 is 11.8 Å². The van der Waals surface area contributed by atoms with Gasteiger partial charge in [0.2, 0.25) is 0 Å². The zero-order chi connectivity index (χ0) is 19.6. The zero-order valence-corrected chi connectivity index (χ0v) is 16.1. The lowest BCUT2D eigenvalue weighted by atomic mass is 10.1. The van der Waals surface area contributed by atoms with Gasteiger partial charge in [-0.25, -0.2) is 13.2 Å². The molecule has 0 bridgehead atoms. The molecular weight excluding hydrogens is 388 g/mol. The van der Waals surface area contributed by atoms with Crippen molar-refractivity contribution in [2.24, 2.45) is 7.05 Å². The summed E-state index contributed by atoms with van der Waals surface area (Å²) in [5.41, 5.74) is 0.722. The number of benzene rings is 2. The van der Waals surface area contributed by atoms with Crippen LogP contribution in [0.2, 0.25) is 0 Å². The maximum Gasteiger partial charge on any atom is 0.335 e. The van der Waals surface area contributed by atoms with Crippen LogP contribution in [0.3, 0.4) is 0 Å². The van der Waals surface area contributed by atoms with Gasteiger partial charge in [0, 0.05) is 11.9 Å². The number of aromatic carboxylic acids is 1. The van der Waals surface area contributed by atoms with Crippen molar-refractivity contribution in [3.63, 3.8) is 0 Å². The molecule has 0 aliphatic rings. The van der Waals surface area contributed by atoms with E-state index in [1.54, 1.807) is 49.1 Å². The fraction of sp³-hybridized carbons (Fsp3) is 0.118. The zero-order valence-electron chi connectivity index (χ0n) is 14.4. The second kappa shape index (κ2) is 7.41. The van der Waals surface area contributed by atoms with E-state index in [-0.39, 0.29) is 10.5 Å². The van der Waals surface area contributed by atoms with Crippen LogP contribution in [-0.2, 0) is 17.1 Å². The van der Waals surface area contributed by atoms with Crippen molar-refractivity contribution in [1.29, 1.82) is 0 Å². The quantitative estimate of drug-likeness (QED) is 0.649. The number of rotatable bonds is 6. The van der Waals surface area contributed by atoms with E-state index in [1.165, 1.54) is 23.9 Å².